The number of hydrogen-bond acceptors (Lipinski definition) is 2. The molecular weight excluding hydrogens is 250 g/mol. The number of amidine groups is 1. The van der Waals surface area contributed by atoms with E-state index in [0.717, 1.165) is 19.3 Å². The van der Waals surface area contributed by atoms with E-state index in [4.69, 9.17) is 12.2 Å². The first-order valence-electron chi connectivity index (χ1n) is 7.17. The number of amides is 2. The van der Waals surface area contributed by atoms with Gasteiger partial charge in [0.15, 0.2) is 0 Å². The van der Waals surface area contributed by atoms with E-state index < -0.39 is 5.54 Å². The van der Waals surface area contributed by atoms with E-state index >= 15 is 0 Å². The number of aliphatic imine (C=N–C) groups is 1. The van der Waals surface area contributed by atoms with Crippen molar-refractivity contribution in [3.05, 3.63) is 0 Å². The largest absolute Gasteiger partial charge is 0.385 e. The van der Waals surface area contributed by atoms with Crippen molar-refractivity contribution in [2.45, 2.75) is 65.5 Å². The van der Waals surface area contributed by atoms with Crippen LogP contribution >= 0.6 is 0 Å². The number of carbonyl (C=O) groups is 1. The summed E-state index contributed by atoms with van der Waals surface area (Å²) in [6.45, 7) is 10.8. The van der Waals surface area contributed by atoms with E-state index in [1.165, 1.54) is 0 Å². The van der Waals surface area contributed by atoms with E-state index in [-0.39, 0.29) is 22.9 Å². The zero-order valence-corrected chi connectivity index (χ0v) is 13.2. The number of terminal acetylenes is 1. The maximum atomic E-state index is 12.2. The minimum atomic E-state index is -0.520. The molecule has 20 heavy (non-hydrogen) atoms. The Morgan fingerprint density at radius 2 is 1.75 bits per heavy atom. The molecule has 1 fully saturated rings. The minimum Gasteiger partial charge on any atom is -0.385 e. The van der Waals surface area contributed by atoms with Gasteiger partial charge in [-0.3, -0.25) is 4.90 Å². The van der Waals surface area contributed by atoms with Gasteiger partial charge < -0.3 is 5.73 Å². The fraction of sp³-hybridized carbons (Fsp3) is 0.750. The van der Waals surface area contributed by atoms with Crippen molar-refractivity contribution >= 4 is 11.9 Å². The van der Waals surface area contributed by atoms with E-state index in [0.29, 0.717) is 5.84 Å². The molecular formula is C16H25N3O. The van der Waals surface area contributed by atoms with Crippen molar-refractivity contribution in [3.63, 3.8) is 0 Å². The highest BCUT2D eigenvalue weighted by atomic mass is 16.2. The predicted molar refractivity (Wildman–Crippen MR) is 81.3 cm³/mol. The molecule has 0 aromatic carbocycles. The van der Waals surface area contributed by atoms with Crippen LogP contribution in [0.5, 0.6) is 0 Å². The molecule has 2 rings (SSSR count). The summed E-state index contributed by atoms with van der Waals surface area (Å²) in [7, 11) is 0. The molecule has 1 atom stereocenters. The molecule has 0 saturated heterocycles. The van der Waals surface area contributed by atoms with Gasteiger partial charge in [-0.25, -0.2) is 4.79 Å². The maximum Gasteiger partial charge on any atom is 0.347 e. The molecule has 0 aromatic heterocycles. The Morgan fingerprint density at radius 1 is 1.25 bits per heavy atom. The third-order valence-electron chi connectivity index (χ3n) is 4.49. The van der Waals surface area contributed by atoms with Crippen LogP contribution in [0.4, 0.5) is 4.79 Å². The molecule has 1 heterocycles. The Bertz CT molecular complexity index is 494. The average Bonchev–Trinajstić information content (AvgIpc) is 2.44. The van der Waals surface area contributed by atoms with Crippen LogP contribution in [0.1, 0.15) is 53.9 Å². The fourth-order valence-corrected chi connectivity index (χ4v) is 4.60. The molecule has 1 unspecified atom stereocenters. The first-order chi connectivity index (χ1) is 9.03. The predicted octanol–water partition coefficient (Wildman–Crippen LogP) is 2.78. The average molecular weight is 275 g/mol. The third-order valence-corrected chi connectivity index (χ3v) is 4.49. The molecule has 0 radical (unpaired) electrons. The van der Waals surface area contributed by atoms with Crippen LogP contribution in [0.15, 0.2) is 4.99 Å². The van der Waals surface area contributed by atoms with Gasteiger partial charge in [-0.15, -0.1) is 6.42 Å². The quantitative estimate of drug-likeness (QED) is 0.748. The zero-order valence-electron chi connectivity index (χ0n) is 13.2. The lowest BCUT2D eigenvalue weighted by molar-refractivity contribution is 0.0105. The van der Waals surface area contributed by atoms with Gasteiger partial charge in [-0.1, -0.05) is 33.6 Å². The van der Waals surface area contributed by atoms with Crippen LogP contribution in [0.2, 0.25) is 0 Å². The smallest absolute Gasteiger partial charge is 0.347 e. The van der Waals surface area contributed by atoms with Crippen LogP contribution in [-0.2, 0) is 0 Å². The van der Waals surface area contributed by atoms with Crippen LogP contribution in [-0.4, -0.2) is 28.3 Å². The lowest BCUT2D eigenvalue weighted by Gasteiger charge is -2.54. The number of nitrogens with two attached hydrogens (primary N) is 1. The van der Waals surface area contributed by atoms with E-state index in [1.807, 2.05) is 6.92 Å². The number of hydrogen-bond donors (Lipinski definition) is 1. The Hall–Kier alpha value is -1.50. The first-order valence-corrected chi connectivity index (χ1v) is 7.17. The van der Waals surface area contributed by atoms with Crippen molar-refractivity contribution in [3.8, 4) is 12.3 Å². The number of nitrogens with zero attached hydrogens (tertiary/aromatic N) is 2. The number of rotatable bonds is 1. The molecule has 1 aliphatic carbocycles. The molecule has 1 saturated carbocycles. The summed E-state index contributed by atoms with van der Waals surface area (Å²) in [5.74, 6) is 3.10. The highest BCUT2D eigenvalue weighted by molar-refractivity contribution is 6.06. The van der Waals surface area contributed by atoms with Gasteiger partial charge in [-0.2, -0.15) is 4.99 Å². The molecule has 4 heteroatoms. The summed E-state index contributed by atoms with van der Waals surface area (Å²) in [6, 6.07) is -0.585. The van der Waals surface area contributed by atoms with Gasteiger partial charge in [0.05, 0.1) is 6.04 Å². The summed E-state index contributed by atoms with van der Waals surface area (Å²) < 4.78 is 0. The first kappa shape index (κ1) is 14.9. The lowest BCUT2D eigenvalue weighted by atomic mass is 9.57. The normalized spacial score (nSPS) is 28.1. The molecule has 0 bridgehead atoms. The van der Waals surface area contributed by atoms with Gasteiger partial charge in [0, 0.05) is 0 Å². The second-order valence-electron chi connectivity index (χ2n) is 7.88. The van der Waals surface area contributed by atoms with Crippen molar-refractivity contribution in [2.24, 2.45) is 21.6 Å². The second kappa shape index (κ2) is 4.25. The monoisotopic (exact) mass is 275 g/mol. The molecule has 2 aliphatic rings. The van der Waals surface area contributed by atoms with E-state index in [2.05, 4.69) is 38.6 Å². The minimum absolute atomic E-state index is 0.0963. The number of urea groups is 1. The van der Waals surface area contributed by atoms with E-state index in [1.54, 1.807) is 4.90 Å². The van der Waals surface area contributed by atoms with Crippen molar-refractivity contribution < 1.29 is 4.79 Å². The van der Waals surface area contributed by atoms with Gasteiger partial charge in [0.1, 0.15) is 11.4 Å². The van der Waals surface area contributed by atoms with Crippen molar-refractivity contribution in [1.82, 2.24) is 4.90 Å². The summed E-state index contributed by atoms with van der Waals surface area (Å²) in [5, 5.41) is 0. The zero-order chi connectivity index (χ0) is 15.3. The van der Waals surface area contributed by atoms with Gasteiger partial charge in [0.2, 0.25) is 0 Å². The topological polar surface area (TPSA) is 58.7 Å². The van der Waals surface area contributed by atoms with Crippen molar-refractivity contribution in [2.75, 3.05) is 0 Å². The summed E-state index contributed by atoms with van der Waals surface area (Å²) >= 11 is 0. The molecule has 2 amide bonds. The third kappa shape index (κ3) is 2.19. The SMILES string of the molecule is C#CC(C)N1C(=O)N=C(N)C12CC(C)(C)CC(C)(C)C2. The van der Waals surface area contributed by atoms with E-state index in [9.17, 15) is 4.79 Å². The second-order valence-corrected chi connectivity index (χ2v) is 7.88. The van der Waals surface area contributed by atoms with Crippen LogP contribution in [0.3, 0.4) is 0 Å². The lowest BCUT2D eigenvalue weighted by Crippen LogP contribution is -2.62. The van der Waals surface area contributed by atoms with Gasteiger partial charge in [-0.05, 0) is 37.0 Å². The highest BCUT2D eigenvalue weighted by Gasteiger charge is 2.57. The Balaban J connectivity index is 2.52. The Labute approximate surface area is 121 Å². The van der Waals surface area contributed by atoms with Crippen molar-refractivity contribution in [1.29, 1.82) is 0 Å². The Kier molecular flexibility index (Phi) is 3.16. The standard InChI is InChI=1S/C16H25N3O/c1-7-11(2)19-13(20)18-12(17)16(19)9-14(3,4)8-15(5,6)10-16/h1,11H,8-10H2,2-6H3,(H2,17,18,20). The molecule has 0 aromatic rings. The number of carbonyl (C=O) groups excluding carboxylic acids is 1. The molecule has 1 spiro atoms. The highest BCUT2D eigenvalue weighted by Crippen LogP contribution is 2.54. The molecule has 1 aliphatic heterocycles. The summed E-state index contributed by atoms with van der Waals surface area (Å²) in [5.41, 5.74) is 5.85. The van der Waals surface area contributed by atoms with Crippen LogP contribution in [0.25, 0.3) is 0 Å². The van der Waals surface area contributed by atoms with Crippen LogP contribution in [0, 0.1) is 23.2 Å². The Morgan fingerprint density at radius 3 is 2.20 bits per heavy atom. The van der Waals surface area contributed by atoms with Gasteiger partial charge in [0.25, 0.3) is 0 Å². The summed E-state index contributed by atoms with van der Waals surface area (Å²) in [6.07, 6.45) is 8.28. The molecule has 2 N–H and O–H groups in total. The maximum absolute atomic E-state index is 12.2. The molecule has 110 valence electrons. The molecule has 4 nitrogen and oxygen atoms in total. The van der Waals surface area contributed by atoms with Gasteiger partial charge >= 0.3 is 6.03 Å². The summed E-state index contributed by atoms with van der Waals surface area (Å²) in [4.78, 5) is 18.0. The van der Waals surface area contributed by atoms with Crippen LogP contribution < -0.4 is 5.73 Å². The fourth-order valence-electron chi connectivity index (χ4n) is 4.60.